The largest absolute Gasteiger partial charge is 0.507 e. The summed E-state index contributed by atoms with van der Waals surface area (Å²) in [7, 11) is -3.20. The van der Waals surface area contributed by atoms with Crippen LogP contribution in [0.5, 0.6) is 5.75 Å². The zero-order valence-corrected chi connectivity index (χ0v) is 15.3. The van der Waals surface area contributed by atoms with Gasteiger partial charge in [0.15, 0.2) is 16.4 Å². The van der Waals surface area contributed by atoms with E-state index in [0.717, 1.165) is 0 Å². The molecule has 1 N–H and O–H groups in total. The molecule has 1 heterocycles. The molecule has 8 heteroatoms. The van der Waals surface area contributed by atoms with Crippen LogP contribution in [0.15, 0.2) is 54.6 Å². The molecule has 27 heavy (non-hydrogen) atoms. The number of hydrogen-bond donors (Lipinski definition) is 1. The molecule has 0 radical (unpaired) electrons. The van der Waals surface area contributed by atoms with Crippen LogP contribution in [0.1, 0.15) is 16.8 Å². The van der Waals surface area contributed by atoms with Gasteiger partial charge in [0.1, 0.15) is 11.3 Å². The summed E-state index contributed by atoms with van der Waals surface area (Å²) in [4.78, 5) is 26.2. The summed E-state index contributed by atoms with van der Waals surface area (Å²) >= 11 is 0. The molecule has 0 bridgehead atoms. The van der Waals surface area contributed by atoms with Crippen LogP contribution in [0.4, 0.5) is 5.69 Å². The first-order valence-corrected chi connectivity index (χ1v) is 10.2. The second-order valence-corrected chi connectivity index (χ2v) is 8.48. The second-order valence-electron chi connectivity index (χ2n) is 6.25. The van der Waals surface area contributed by atoms with E-state index in [4.69, 9.17) is 4.74 Å². The molecule has 1 saturated heterocycles. The molecular formula is C19H19NO6S. The lowest BCUT2D eigenvalue weighted by molar-refractivity contribution is -0.122. The van der Waals surface area contributed by atoms with Crippen LogP contribution in [-0.4, -0.2) is 49.6 Å². The predicted octanol–water partition coefficient (Wildman–Crippen LogP) is 1.77. The van der Waals surface area contributed by atoms with Crippen molar-refractivity contribution in [2.75, 3.05) is 23.0 Å². The van der Waals surface area contributed by atoms with Crippen LogP contribution >= 0.6 is 0 Å². The van der Waals surface area contributed by atoms with Crippen molar-refractivity contribution >= 4 is 27.4 Å². The van der Waals surface area contributed by atoms with Crippen molar-refractivity contribution in [3.05, 3.63) is 60.2 Å². The average molecular weight is 389 g/mol. The highest BCUT2D eigenvalue weighted by atomic mass is 32.2. The molecule has 1 atom stereocenters. The van der Waals surface area contributed by atoms with Gasteiger partial charge in [0.2, 0.25) is 0 Å². The maximum absolute atomic E-state index is 12.8. The van der Waals surface area contributed by atoms with Crippen LogP contribution in [0.2, 0.25) is 0 Å². The van der Waals surface area contributed by atoms with Crippen molar-refractivity contribution in [2.45, 2.75) is 12.5 Å². The van der Waals surface area contributed by atoms with E-state index in [1.807, 2.05) is 0 Å². The van der Waals surface area contributed by atoms with Gasteiger partial charge >= 0.3 is 5.97 Å². The Bertz CT molecular complexity index is 942. The molecule has 2 aromatic carbocycles. The van der Waals surface area contributed by atoms with Crippen LogP contribution < -0.4 is 4.90 Å². The maximum Gasteiger partial charge on any atom is 0.342 e. The van der Waals surface area contributed by atoms with Crippen molar-refractivity contribution < 1.29 is 27.9 Å². The number of phenolic OH excluding ortho intramolecular Hbond substituents is 1. The average Bonchev–Trinajstić information content (AvgIpc) is 3.00. The quantitative estimate of drug-likeness (QED) is 0.782. The first-order valence-electron chi connectivity index (χ1n) is 8.40. The number of rotatable bonds is 5. The fraction of sp³-hybridized carbons (Fsp3) is 0.263. The first kappa shape index (κ1) is 18.9. The molecule has 7 nitrogen and oxygen atoms in total. The van der Waals surface area contributed by atoms with E-state index in [1.165, 1.54) is 17.0 Å². The number of hydrogen-bond acceptors (Lipinski definition) is 6. The molecule has 1 amide bonds. The molecule has 0 unspecified atom stereocenters. The van der Waals surface area contributed by atoms with E-state index in [2.05, 4.69) is 0 Å². The van der Waals surface area contributed by atoms with Crippen molar-refractivity contribution in [1.82, 2.24) is 0 Å². The van der Waals surface area contributed by atoms with Gasteiger partial charge in [-0.25, -0.2) is 13.2 Å². The van der Waals surface area contributed by atoms with E-state index in [0.29, 0.717) is 12.1 Å². The molecule has 142 valence electrons. The third-order valence-corrected chi connectivity index (χ3v) is 6.08. The summed E-state index contributed by atoms with van der Waals surface area (Å²) in [6, 6.07) is 14.0. The molecular weight excluding hydrogens is 370 g/mol. The number of benzene rings is 2. The van der Waals surface area contributed by atoms with Gasteiger partial charge < -0.3 is 14.7 Å². The summed E-state index contributed by atoms with van der Waals surface area (Å²) in [5.41, 5.74) is 0.503. The van der Waals surface area contributed by atoms with E-state index in [1.54, 1.807) is 42.5 Å². The van der Waals surface area contributed by atoms with E-state index in [9.17, 15) is 23.1 Å². The van der Waals surface area contributed by atoms with Crippen LogP contribution in [0.3, 0.4) is 0 Å². The first-order chi connectivity index (χ1) is 12.9. The number of para-hydroxylation sites is 2. The Hall–Kier alpha value is -2.87. The zero-order valence-electron chi connectivity index (χ0n) is 14.4. The highest BCUT2D eigenvalue weighted by molar-refractivity contribution is 7.91. The third kappa shape index (κ3) is 4.46. The van der Waals surface area contributed by atoms with Gasteiger partial charge in [0, 0.05) is 5.69 Å². The zero-order chi connectivity index (χ0) is 19.4. The maximum atomic E-state index is 12.8. The Morgan fingerprint density at radius 2 is 1.74 bits per heavy atom. The molecule has 1 fully saturated rings. The number of esters is 1. The van der Waals surface area contributed by atoms with Crippen LogP contribution in [0.25, 0.3) is 0 Å². The molecule has 0 aromatic heterocycles. The van der Waals surface area contributed by atoms with Crippen LogP contribution in [-0.2, 0) is 19.4 Å². The Labute approximate surface area is 157 Å². The molecule has 2 aromatic rings. The standard InChI is InChI=1S/C19H19NO6S/c21-17-9-5-4-8-16(17)19(23)26-12-18(22)20(14-6-2-1-3-7-14)15-10-11-27(24,25)13-15/h1-9,15,21H,10-13H2/t15-/m0/s1. The number of carbonyl (C=O) groups excluding carboxylic acids is 2. The normalized spacial score (nSPS) is 18.0. The second kappa shape index (κ2) is 7.79. The Morgan fingerprint density at radius 1 is 1.07 bits per heavy atom. The molecule has 0 saturated carbocycles. The highest BCUT2D eigenvalue weighted by Gasteiger charge is 2.35. The lowest BCUT2D eigenvalue weighted by Gasteiger charge is -2.28. The predicted molar refractivity (Wildman–Crippen MR) is 99.4 cm³/mol. The minimum atomic E-state index is -3.20. The van der Waals surface area contributed by atoms with E-state index < -0.39 is 34.4 Å². The SMILES string of the molecule is O=C(OCC(=O)N(c1ccccc1)[C@H]1CCS(=O)(=O)C1)c1ccccc1O. The fourth-order valence-corrected chi connectivity index (χ4v) is 4.75. The van der Waals surface area contributed by atoms with Gasteiger partial charge in [-0.1, -0.05) is 30.3 Å². The van der Waals surface area contributed by atoms with E-state index in [-0.39, 0.29) is 22.8 Å². The molecule has 0 spiro atoms. The van der Waals surface area contributed by atoms with Crippen LogP contribution in [0, 0.1) is 0 Å². The van der Waals surface area contributed by atoms with Crippen molar-refractivity contribution in [1.29, 1.82) is 0 Å². The van der Waals surface area contributed by atoms with Gasteiger partial charge in [0.05, 0.1) is 17.5 Å². The van der Waals surface area contributed by atoms with Crippen molar-refractivity contribution in [3.8, 4) is 5.75 Å². The number of amides is 1. The molecule has 0 aliphatic carbocycles. The topological polar surface area (TPSA) is 101 Å². The summed E-state index contributed by atoms with van der Waals surface area (Å²) in [5, 5.41) is 9.70. The summed E-state index contributed by atoms with van der Waals surface area (Å²) in [6.07, 6.45) is 0.330. The lowest BCUT2D eigenvalue weighted by atomic mass is 10.2. The summed E-state index contributed by atoms with van der Waals surface area (Å²) in [6.45, 7) is -0.557. The Kier molecular flexibility index (Phi) is 5.46. The summed E-state index contributed by atoms with van der Waals surface area (Å²) < 4.78 is 28.7. The van der Waals surface area contributed by atoms with E-state index >= 15 is 0 Å². The summed E-state index contributed by atoms with van der Waals surface area (Å²) in [5.74, 6) is -1.69. The van der Waals surface area contributed by atoms with Gasteiger partial charge in [-0.2, -0.15) is 0 Å². The van der Waals surface area contributed by atoms with Crippen molar-refractivity contribution in [3.63, 3.8) is 0 Å². The monoisotopic (exact) mass is 389 g/mol. The van der Waals surface area contributed by atoms with Gasteiger partial charge in [-0.15, -0.1) is 0 Å². The number of aromatic hydroxyl groups is 1. The minimum absolute atomic E-state index is 0.0198. The fourth-order valence-electron chi connectivity index (χ4n) is 3.05. The number of anilines is 1. The number of ether oxygens (including phenoxy) is 1. The number of carbonyl (C=O) groups is 2. The molecule has 1 aliphatic rings. The molecule has 1 aliphatic heterocycles. The Morgan fingerprint density at radius 3 is 2.37 bits per heavy atom. The van der Waals surface area contributed by atoms with Gasteiger partial charge in [-0.3, -0.25) is 4.79 Å². The number of nitrogens with zero attached hydrogens (tertiary/aromatic N) is 1. The minimum Gasteiger partial charge on any atom is -0.507 e. The number of sulfone groups is 1. The lowest BCUT2D eigenvalue weighted by Crippen LogP contribution is -2.43. The Balaban J connectivity index is 1.76. The highest BCUT2D eigenvalue weighted by Crippen LogP contribution is 2.25. The van der Waals surface area contributed by atoms with Crippen molar-refractivity contribution in [2.24, 2.45) is 0 Å². The van der Waals surface area contributed by atoms with Gasteiger partial charge in [0.25, 0.3) is 5.91 Å². The smallest absolute Gasteiger partial charge is 0.342 e. The third-order valence-electron chi connectivity index (χ3n) is 4.33. The molecule has 3 rings (SSSR count). The van der Waals surface area contributed by atoms with Gasteiger partial charge in [-0.05, 0) is 30.7 Å². The number of phenols is 1.